The fourth-order valence-electron chi connectivity index (χ4n) is 3.56. The molecule has 0 spiro atoms. The third-order valence-corrected chi connectivity index (χ3v) is 5.18. The van der Waals surface area contributed by atoms with Crippen molar-refractivity contribution in [2.45, 2.75) is 57.2 Å². The number of nitrogens with two attached hydrogens (primary N) is 1. The van der Waals surface area contributed by atoms with Crippen LogP contribution in [0.2, 0.25) is 0 Å². The number of fused-ring (bicyclic) bond motifs is 1. The maximum atomic E-state index is 12.7. The summed E-state index contributed by atoms with van der Waals surface area (Å²) in [6.45, 7) is 2.00. The number of carbonyl (C=O) groups is 1. The van der Waals surface area contributed by atoms with Gasteiger partial charge in [-0.3, -0.25) is 9.20 Å². The molecule has 9 heteroatoms. The minimum absolute atomic E-state index is 0.211. The molecule has 3 N–H and O–H groups in total. The van der Waals surface area contributed by atoms with Crippen LogP contribution in [-0.4, -0.2) is 41.3 Å². The molecule has 1 aliphatic carbocycles. The number of imidazole rings is 1. The molecule has 1 amide bonds. The zero-order valence-corrected chi connectivity index (χ0v) is 15.3. The van der Waals surface area contributed by atoms with Crippen molar-refractivity contribution in [2.24, 2.45) is 5.73 Å². The molecular weight excluding hydrogens is 344 g/mol. The van der Waals surface area contributed by atoms with Crippen LogP contribution in [0.1, 0.15) is 67.3 Å². The van der Waals surface area contributed by atoms with E-state index in [2.05, 4.69) is 25.6 Å². The van der Waals surface area contributed by atoms with Gasteiger partial charge in [-0.15, -0.1) is 5.10 Å². The van der Waals surface area contributed by atoms with E-state index in [1.807, 2.05) is 29.8 Å². The lowest BCUT2D eigenvalue weighted by molar-refractivity contribution is 0.0929. The molecule has 1 saturated carbocycles. The molecule has 1 fully saturated rings. The summed E-state index contributed by atoms with van der Waals surface area (Å²) in [5, 5.41) is 11.2. The van der Waals surface area contributed by atoms with Gasteiger partial charge >= 0.3 is 0 Å². The Hall–Kier alpha value is -2.81. The van der Waals surface area contributed by atoms with Gasteiger partial charge in [0, 0.05) is 24.6 Å². The molecule has 3 aromatic heterocycles. The van der Waals surface area contributed by atoms with Crippen molar-refractivity contribution in [3.05, 3.63) is 42.2 Å². The molecule has 0 radical (unpaired) electrons. The molecular formula is C18H24N8O. The van der Waals surface area contributed by atoms with Gasteiger partial charge in [0.25, 0.3) is 5.91 Å². The van der Waals surface area contributed by atoms with Crippen molar-refractivity contribution in [1.82, 2.24) is 34.7 Å². The molecule has 0 aromatic carbocycles. The molecule has 3 heterocycles. The normalized spacial score (nSPS) is 21.3. The first-order valence-corrected chi connectivity index (χ1v) is 9.42. The topological polar surface area (TPSA) is 116 Å². The Balaban J connectivity index is 1.46. The lowest BCUT2D eigenvalue weighted by Gasteiger charge is -2.25. The van der Waals surface area contributed by atoms with Gasteiger partial charge in [-0.1, -0.05) is 12.1 Å². The van der Waals surface area contributed by atoms with Crippen LogP contribution in [0.25, 0.3) is 5.78 Å². The summed E-state index contributed by atoms with van der Waals surface area (Å²) >= 11 is 0. The molecule has 0 bridgehead atoms. The summed E-state index contributed by atoms with van der Waals surface area (Å²) in [7, 11) is 0. The predicted molar refractivity (Wildman–Crippen MR) is 99.0 cm³/mol. The maximum absolute atomic E-state index is 12.7. The Labute approximate surface area is 157 Å². The van der Waals surface area contributed by atoms with Crippen LogP contribution in [0.5, 0.6) is 0 Å². The van der Waals surface area contributed by atoms with Gasteiger partial charge in [0.1, 0.15) is 0 Å². The number of nitrogens with zero attached hydrogens (tertiary/aromatic N) is 6. The summed E-state index contributed by atoms with van der Waals surface area (Å²) in [5.74, 6) is 0.368. The Bertz CT molecular complexity index is 891. The molecule has 0 aliphatic heterocycles. The van der Waals surface area contributed by atoms with Crippen LogP contribution in [0.4, 0.5) is 0 Å². The summed E-state index contributed by atoms with van der Waals surface area (Å²) in [5.41, 5.74) is 7.06. The fourth-order valence-corrected chi connectivity index (χ4v) is 3.56. The van der Waals surface area contributed by atoms with E-state index in [4.69, 9.17) is 5.73 Å². The van der Waals surface area contributed by atoms with Gasteiger partial charge in [0.15, 0.2) is 5.69 Å². The van der Waals surface area contributed by atoms with E-state index < -0.39 is 0 Å². The second kappa shape index (κ2) is 7.43. The van der Waals surface area contributed by atoms with E-state index in [0.717, 1.165) is 31.4 Å². The average Bonchev–Trinajstić information content (AvgIpc) is 3.33. The van der Waals surface area contributed by atoms with Crippen molar-refractivity contribution in [3.63, 3.8) is 0 Å². The van der Waals surface area contributed by atoms with Gasteiger partial charge in [-0.2, -0.15) is 0 Å². The zero-order valence-electron chi connectivity index (χ0n) is 15.3. The Morgan fingerprint density at radius 3 is 2.89 bits per heavy atom. The van der Waals surface area contributed by atoms with Gasteiger partial charge in [0.05, 0.1) is 24.0 Å². The quantitative estimate of drug-likeness (QED) is 0.707. The number of aromatic nitrogens is 6. The van der Waals surface area contributed by atoms with Crippen molar-refractivity contribution < 1.29 is 4.79 Å². The van der Waals surface area contributed by atoms with Crippen molar-refractivity contribution >= 4 is 11.7 Å². The number of carbonyl (C=O) groups excluding carboxylic acids is 1. The fraction of sp³-hybridized carbons (Fsp3) is 0.500. The summed E-state index contributed by atoms with van der Waals surface area (Å²) in [6, 6.07) is 2.18. The highest BCUT2D eigenvalue weighted by atomic mass is 16.2. The Kier molecular flexibility index (Phi) is 4.85. The number of hydrogen-bond donors (Lipinski definition) is 2. The molecule has 27 heavy (non-hydrogen) atoms. The molecule has 9 nitrogen and oxygen atoms in total. The number of hydrogen-bond acceptors (Lipinski definition) is 6. The van der Waals surface area contributed by atoms with Crippen molar-refractivity contribution in [1.29, 1.82) is 0 Å². The molecule has 1 aliphatic rings. The molecule has 0 unspecified atom stereocenters. The zero-order chi connectivity index (χ0) is 18.8. The highest BCUT2D eigenvalue weighted by Crippen LogP contribution is 2.27. The van der Waals surface area contributed by atoms with Crippen LogP contribution in [0, 0.1) is 0 Å². The first-order valence-electron chi connectivity index (χ1n) is 9.42. The standard InChI is InChI=1S/C18H24N8O/c1-2-14(15-10-25-9-3-8-20-18(25)22-15)21-17(27)16-11-26(24-23-16)13-6-4-12(19)5-7-13/h3,8-14H,2,4-7,19H2,1H3,(H,21,27)/t12?,13?,14-/m0/s1. The third kappa shape index (κ3) is 3.68. The molecule has 1 atom stereocenters. The van der Waals surface area contributed by atoms with E-state index in [1.54, 1.807) is 17.1 Å². The lowest BCUT2D eigenvalue weighted by atomic mass is 9.92. The molecule has 0 saturated heterocycles. The monoisotopic (exact) mass is 368 g/mol. The largest absolute Gasteiger partial charge is 0.342 e. The minimum atomic E-state index is -0.245. The minimum Gasteiger partial charge on any atom is -0.342 e. The first-order chi connectivity index (χ1) is 13.1. The molecule has 142 valence electrons. The highest BCUT2D eigenvalue weighted by Gasteiger charge is 2.23. The van der Waals surface area contributed by atoms with E-state index in [9.17, 15) is 4.79 Å². The molecule has 4 rings (SSSR count). The van der Waals surface area contributed by atoms with Crippen LogP contribution in [0.3, 0.4) is 0 Å². The van der Waals surface area contributed by atoms with Crippen LogP contribution < -0.4 is 11.1 Å². The van der Waals surface area contributed by atoms with E-state index in [0.29, 0.717) is 17.9 Å². The summed E-state index contributed by atoms with van der Waals surface area (Å²) in [6.07, 6.45) is 11.8. The van der Waals surface area contributed by atoms with Crippen molar-refractivity contribution in [2.75, 3.05) is 0 Å². The number of rotatable bonds is 5. The van der Waals surface area contributed by atoms with Gasteiger partial charge < -0.3 is 11.1 Å². The number of amides is 1. The Morgan fingerprint density at radius 2 is 2.15 bits per heavy atom. The summed E-state index contributed by atoms with van der Waals surface area (Å²) < 4.78 is 3.64. The molecule has 3 aromatic rings. The number of nitrogens with one attached hydrogen (secondary N) is 1. The SMILES string of the molecule is CC[C@H](NC(=O)c1cn(C2CCC(N)CC2)nn1)c1cn2cccnc2n1. The Morgan fingerprint density at radius 1 is 1.33 bits per heavy atom. The smallest absolute Gasteiger partial charge is 0.273 e. The van der Waals surface area contributed by atoms with Crippen molar-refractivity contribution in [3.8, 4) is 0 Å². The van der Waals surface area contributed by atoms with E-state index in [-0.39, 0.29) is 24.0 Å². The second-order valence-electron chi connectivity index (χ2n) is 7.08. The van der Waals surface area contributed by atoms with Gasteiger partial charge in [-0.25, -0.2) is 14.6 Å². The van der Waals surface area contributed by atoms with Gasteiger partial charge in [0.2, 0.25) is 5.78 Å². The van der Waals surface area contributed by atoms with E-state index >= 15 is 0 Å². The van der Waals surface area contributed by atoms with Gasteiger partial charge in [-0.05, 0) is 38.2 Å². The third-order valence-electron chi connectivity index (χ3n) is 5.18. The highest BCUT2D eigenvalue weighted by molar-refractivity contribution is 5.92. The maximum Gasteiger partial charge on any atom is 0.273 e. The summed E-state index contributed by atoms with van der Waals surface area (Å²) in [4.78, 5) is 21.4. The average molecular weight is 368 g/mol. The predicted octanol–water partition coefficient (Wildman–Crippen LogP) is 1.64. The van der Waals surface area contributed by atoms with Crippen LogP contribution in [0.15, 0.2) is 30.9 Å². The van der Waals surface area contributed by atoms with Crippen LogP contribution >= 0.6 is 0 Å². The second-order valence-corrected chi connectivity index (χ2v) is 7.08. The lowest BCUT2D eigenvalue weighted by Crippen LogP contribution is -2.29. The van der Waals surface area contributed by atoms with Crippen LogP contribution in [-0.2, 0) is 0 Å². The van der Waals surface area contributed by atoms with E-state index in [1.165, 1.54) is 0 Å². The first kappa shape index (κ1) is 17.6.